The zero-order valence-electron chi connectivity index (χ0n) is 13.1. The minimum Gasteiger partial charge on any atom is -0.338 e. The molecule has 1 fully saturated rings. The molecular formula is C16H27N3O. The van der Waals surface area contributed by atoms with Gasteiger partial charge in [-0.2, -0.15) is 0 Å². The Morgan fingerprint density at radius 2 is 2.05 bits per heavy atom. The maximum absolute atomic E-state index is 12.7. The van der Waals surface area contributed by atoms with Crippen LogP contribution in [0.15, 0.2) is 12.4 Å². The van der Waals surface area contributed by atoms with Crippen LogP contribution in [0.1, 0.15) is 51.8 Å². The highest BCUT2D eigenvalue weighted by Gasteiger charge is 2.37. The van der Waals surface area contributed by atoms with Gasteiger partial charge in [-0.25, -0.2) is 4.98 Å². The van der Waals surface area contributed by atoms with E-state index in [9.17, 15) is 4.79 Å². The van der Waals surface area contributed by atoms with E-state index >= 15 is 0 Å². The van der Waals surface area contributed by atoms with Crippen LogP contribution >= 0.6 is 0 Å². The Bertz CT molecular complexity index is 448. The molecule has 1 aromatic rings. The normalized spacial score (nSPS) is 19.8. The van der Waals surface area contributed by atoms with Gasteiger partial charge in [0, 0.05) is 32.3 Å². The average Bonchev–Trinajstić information content (AvgIpc) is 2.90. The van der Waals surface area contributed by atoms with Gasteiger partial charge in [-0.15, -0.1) is 0 Å². The Morgan fingerprint density at radius 3 is 2.60 bits per heavy atom. The van der Waals surface area contributed by atoms with E-state index in [0.29, 0.717) is 12.2 Å². The van der Waals surface area contributed by atoms with E-state index in [1.807, 2.05) is 17.8 Å². The summed E-state index contributed by atoms with van der Waals surface area (Å²) in [5.74, 6) is 1.36. The minimum atomic E-state index is -0.286. The molecule has 1 aliphatic heterocycles. The van der Waals surface area contributed by atoms with E-state index < -0.39 is 0 Å². The second kappa shape index (κ2) is 6.53. The Hall–Kier alpha value is -1.16. The Morgan fingerprint density at radius 1 is 1.35 bits per heavy atom. The predicted molar refractivity (Wildman–Crippen MR) is 80.7 cm³/mol. The van der Waals surface area contributed by atoms with Crippen LogP contribution in [0.4, 0.5) is 0 Å². The van der Waals surface area contributed by atoms with Crippen molar-refractivity contribution in [3.63, 3.8) is 0 Å². The lowest BCUT2D eigenvalue weighted by atomic mass is 9.86. The lowest BCUT2D eigenvalue weighted by Gasteiger charge is -2.42. The number of aryl methyl sites for hydroxylation is 2. The molecule has 0 aliphatic carbocycles. The number of Topliss-reactive ketones (excluding diaryl/α,β-unsaturated/α-hetero) is 1. The number of carbonyl (C=O) groups is 1. The number of imidazole rings is 1. The minimum absolute atomic E-state index is 0.286. The van der Waals surface area contributed by atoms with Crippen LogP contribution in [0.3, 0.4) is 0 Å². The van der Waals surface area contributed by atoms with Crippen molar-refractivity contribution in [3.05, 3.63) is 18.2 Å². The molecule has 0 radical (unpaired) electrons. The quantitative estimate of drug-likeness (QED) is 0.802. The van der Waals surface area contributed by atoms with Crippen LogP contribution in [-0.4, -0.2) is 38.9 Å². The molecule has 0 saturated carbocycles. The molecule has 4 nitrogen and oxygen atoms in total. The highest BCUT2D eigenvalue weighted by molar-refractivity contribution is 5.88. The number of likely N-dealkylation sites (tertiary alicyclic amines) is 1. The molecule has 0 N–H and O–H groups in total. The van der Waals surface area contributed by atoms with Crippen LogP contribution in [0.25, 0.3) is 0 Å². The maximum atomic E-state index is 12.7. The van der Waals surface area contributed by atoms with Crippen molar-refractivity contribution >= 4 is 5.78 Å². The molecule has 1 atom stereocenters. The van der Waals surface area contributed by atoms with Crippen LogP contribution < -0.4 is 0 Å². The lowest BCUT2D eigenvalue weighted by Crippen LogP contribution is -2.54. The van der Waals surface area contributed by atoms with Gasteiger partial charge in [-0.3, -0.25) is 9.69 Å². The molecular weight excluding hydrogens is 250 g/mol. The number of hydrogen-bond acceptors (Lipinski definition) is 3. The Labute approximate surface area is 122 Å². The summed E-state index contributed by atoms with van der Waals surface area (Å²) in [5, 5.41) is 0. The van der Waals surface area contributed by atoms with Crippen LogP contribution in [0, 0.1) is 0 Å². The molecule has 1 unspecified atom stereocenters. The molecule has 1 aromatic heterocycles. The maximum Gasteiger partial charge on any atom is 0.153 e. The number of rotatable bonds is 6. The Kier molecular flexibility index (Phi) is 4.97. The summed E-state index contributed by atoms with van der Waals surface area (Å²) in [5.41, 5.74) is -0.286. The molecule has 0 spiro atoms. The molecule has 4 heteroatoms. The average molecular weight is 277 g/mol. The first-order valence-electron chi connectivity index (χ1n) is 7.82. The third-order valence-corrected chi connectivity index (χ3v) is 4.84. The number of ketones is 1. The second-order valence-corrected chi connectivity index (χ2v) is 6.05. The van der Waals surface area contributed by atoms with Crippen LogP contribution in [0.2, 0.25) is 0 Å². The summed E-state index contributed by atoms with van der Waals surface area (Å²) >= 11 is 0. The van der Waals surface area contributed by atoms with Gasteiger partial charge in [0.15, 0.2) is 5.78 Å². The fourth-order valence-electron chi connectivity index (χ4n) is 3.12. The topological polar surface area (TPSA) is 38.1 Å². The standard InChI is InChI=1S/C16H27N3O/c1-4-16(2,19-11-6-5-7-12-19)14(20)8-9-15-17-10-13-18(15)3/h10,13H,4-9,11-12H2,1-3H3. The number of nitrogens with zero attached hydrogens (tertiary/aromatic N) is 3. The monoisotopic (exact) mass is 277 g/mol. The van der Waals surface area contributed by atoms with Gasteiger partial charge in [0.25, 0.3) is 0 Å². The summed E-state index contributed by atoms with van der Waals surface area (Å²) in [7, 11) is 1.98. The van der Waals surface area contributed by atoms with Crippen molar-refractivity contribution in [3.8, 4) is 0 Å². The molecule has 0 aromatic carbocycles. The van der Waals surface area contributed by atoms with Crippen molar-refractivity contribution in [2.45, 2.75) is 57.9 Å². The molecule has 20 heavy (non-hydrogen) atoms. The molecule has 2 rings (SSSR count). The van der Waals surface area contributed by atoms with E-state index in [1.165, 1.54) is 19.3 Å². The van der Waals surface area contributed by atoms with Crippen molar-refractivity contribution < 1.29 is 4.79 Å². The number of aromatic nitrogens is 2. The fraction of sp³-hybridized carbons (Fsp3) is 0.750. The highest BCUT2D eigenvalue weighted by atomic mass is 16.1. The van der Waals surface area contributed by atoms with Gasteiger partial charge in [-0.05, 0) is 39.3 Å². The van der Waals surface area contributed by atoms with Crippen molar-refractivity contribution in [1.82, 2.24) is 14.5 Å². The van der Waals surface area contributed by atoms with Gasteiger partial charge in [0.05, 0.1) is 5.54 Å². The molecule has 1 aliphatic rings. The SMILES string of the molecule is CCC(C)(C(=O)CCc1nccn1C)N1CCCCC1. The first kappa shape index (κ1) is 15.2. The van der Waals surface area contributed by atoms with Crippen LogP contribution in [-0.2, 0) is 18.3 Å². The first-order valence-corrected chi connectivity index (χ1v) is 7.82. The zero-order chi connectivity index (χ0) is 14.6. The smallest absolute Gasteiger partial charge is 0.153 e. The van der Waals surface area contributed by atoms with E-state index in [1.54, 1.807) is 6.20 Å². The number of hydrogen-bond donors (Lipinski definition) is 0. The van der Waals surface area contributed by atoms with Crippen molar-refractivity contribution in [2.24, 2.45) is 7.05 Å². The van der Waals surface area contributed by atoms with E-state index in [0.717, 1.165) is 31.8 Å². The molecule has 112 valence electrons. The van der Waals surface area contributed by atoms with Crippen molar-refractivity contribution in [1.29, 1.82) is 0 Å². The fourth-order valence-corrected chi connectivity index (χ4v) is 3.12. The van der Waals surface area contributed by atoms with Crippen molar-refractivity contribution in [2.75, 3.05) is 13.1 Å². The zero-order valence-corrected chi connectivity index (χ0v) is 13.1. The highest BCUT2D eigenvalue weighted by Crippen LogP contribution is 2.26. The lowest BCUT2D eigenvalue weighted by molar-refractivity contribution is -0.131. The Balaban J connectivity index is 1.99. The second-order valence-electron chi connectivity index (χ2n) is 6.05. The predicted octanol–water partition coefficient (Wildman–Crippen LogP) is 2.58. The molecule has 1 saturated heterocycles. The van der Waals surface area contributed by atoms with Gasteiger partial charge < -0.3 is 4.57 Å². The largest absolute Gasteiger partial charge is 0.338 e. The summed E-state index contributed by atoms with van der Waals surface area (Å²) in [6.45, 7) is 6.39. The van der Waals surface area contributed by atoms with Gasteiger partial charge in [0.1, 0.15) is 5.82 Å². The summed E-state index contributed by atoms with van der Waals surface area (Å²) in [4.78, 5) is 19.4. The van der Waals surface area contributed by atoms with E-state index in [-0.39, 0.29) is 5.54 Å². The number of piperidine rings is 1. The van der Waals surface area contributed by atoms with E-state index in [4.69, 9.17) is 0 Å². The molecule has 0 amide bonds. The van der Waals surface area contributed by atoms with Gasteiger partial charge in [0.2, 0.25) is 0 Å². The third kappa shape index (κ3) is 3.11. The first-order chi connectivity index (χ1) is 9.58. The van der Waals surface area contributed by atoms with Gasteiger partial charge in [-0.1, -0.05) is 13.3 Å². The van der Waals surface area contributed by atoms with E-state index in [2.05, 4.69) is 23.7 Å². The van der Waals surface area contributed by atoms with Crippen LogP contribution in [0.5, 0.6) is 0 Å². The molecule has 0 bridgehead atoms. The van der Waals surface area contributed by atoms with Gasteiger partial charge >= 0.3 is 0 Å². The number of carbonyl (C=O) groups excluding carboxylic acids is 1. The summed E-state index contributed by atoms with van der Waals surface area (Å²) in [6, 6.07) is 0. The molecule has 2 heterocycles. The third-order valence-electron chi connectivity index (χ3n) is 4.84. The summed E-state index contributed by atoms with van der Waals surface area (Å²) < 4.78 is 2.00. The summed E-state index contributed by atoms with van der Waals surface area (Å²) in [6.07, 6.45) is 9.71.